The quantitative estimate of drug-likeness (QED) is 0.566. The predicted octanol–water partition coefficient (Wildman–Crippen LogP) is 3.99. The number of nitrogens with zero attached hydrogens (tertiary/aromatic N) is 3. The van der Waals surface area contributed by atoms with Crippen molar-refractivity contribution >= 4 is 23.0 Å². The minimum Gasteiger partial charge on any atom is -0.363 e. The molecule has 0 saturated carbocycles. The van der Waals surface area contributed by atoms with Crippen LogP contribution in [0.15, 0.2) is 36.4 Å². The molecule has 1 fully saturated rings. The highest BCUT2D eigenvalue weighted by Crippen LogP contribution is 2.36. The molecule has 7 nitrogen and oxygen atoms in total. The molecule has 1 aliphatic rings. The van der Waals surface area contributed by atoms with E-state index in [-0.39, 0.29) is 18.1 Å². The Bertz CT molecular complexity index is 986. The van der Waals surface area contributed by atoms with Gasteiger partial charge < -0.3 is 10.2 Å². The van der Waals surface area contributed by atoms with Crippen LogP contribution in [0.25, 0.3) is 0 Å². The van der Waals surface area contributed by atoms with Gasteiger partial charge in [0, 0.05) is 37.9 Å². The van der Waals surface area contributed by atoms with E-state index in [1.54, 1.807) is 4.90 Å². The topological polar surface area (TPSA) is 78.7 Å². The molecule has 2 aromatic carbocycles. The number of aryl methyl sites for hydroxylation is 1. The summed E-state index contributed by atoms with van der Waals surface area (Å²) in [7, 11) is 0. The number of hydrogen-bond donors (Lipinski definition) is 1. The third-order valence-corrected chi connectivity index (χ3v) is 5.46. The summed E-state index contributed by atoms with van der Waals surface area (Å²) in [6.45, 7) is 5.70. The van der Waals surface area contributed by atoms with Gasteiger partial charge in [0.15, 0.2) is 0 Å². The summed E-state index contributed by atoms with van der Waals surface area (Å²) < 4.78 is 38.7. The fourth-order valence-electron chi connectivity index (χ4n) is 3.54. The number of carbonyl (C=O) groups is 1. The van der Waals surface area contributed by atoms with Crippen LogP contribution < -0.4 is 10.2 Å². The van der Waals surface area contributed by atoms with E-state index in [0.717, 1.165) is 28.9 Å². The smallest absolute Gasteiger partial charge is 0.363 e. The van der Waals surface area contributed by atoms with Crippen LogP contribution in [0.1, 0.15) is 16.7 Å². The van der Waals surface area contributed by atoms with Gasteiger partial charge in [-0.3, -0.25) is 19.8 Å². The van der Waals surface area contributed by atoms with E-state index in [1.807, 2.05) is 36.9 Å². The number of carbonyl (C=O) groups excluding carboxylic acids is 1. The van der Waals surface area contributed by atoms with Crippen molar-refractivity contribution in [3.8, 4) is 0 Å². The zero-order valence-corrected chi connectivity index (χ0v) is 17.2. The van der Waals surface area contributed by atoms with E-state index in [4.69, 9.17) is 0 Å². The summed E-state index contributed by atoms with van der Waals surface area (Å²) in [4.78, 5) is 26.5. The molecule has 1 N–H and O–H groups in total. The third kappa shape index (κ3) is 5.32. The van der Waals surface area contributed by atoms with Crippen molar-refractivity contribution < 1.29 is 22.9 Å². The van der Waals surface area contributed by atoms with Crippen LogP contribution >= 0.6 is 0 Å². The molecule has 0 atom stereocenters. The van der Waals surface area contributed by atoms with E-state index >= 15 is 0 Å². The van der Waals surface area contributed by atoms with E-state index in [1.165, 1.54) is 0 Å². The lowest BCUT2D eigenvalue weighted by atomic mass is 10.1. The largest absolute Gasteiger partial charge is 0.416 e. The molecule has 1 aliphatic heterocycles. The molecule has 0 aliphatic carbocycles. The molecule has 0 bridgehead atoms. The van der Waals surface area contributed by atoms with Crippen molar-refractivity contribution in [2.45, 2.75) is 20.0 Å². The lowest BCUT2D eigenvalue weighted by Crippen LogP contribution is -2.48. The standard InChI is InChI=1S/C21H23F3N4O3/c1-14-4-3-5-17(15(14)2)25-20(29)13-26-8-10-27(11-9-26)18-7-6-16(21(22,23)24)12-19(18)28(30)31/h3-7,12H,8-11,13H2,1-2H3,(H,25,29). The predicted molar refractivity (Wildman–Crippen MR) is 111 cm³/mol. The van der Waals surface area contributed by atoms with Gasteiger partial charge in [0.25, 0.3) is 5.69 Å². The number of nitro groups is 1. The highest BCUT2D eigenvalue weighted by Gasteiger charge is 2.34. The van der Waals surface area contributed by atoms with E-state index in [0.29, 0.717) is 32.2 Å². The summed E-state index contributed by atoms with van der Waals surface area (Å²) in [6, 6.07) is 8.23. The van der Waals surface area contributed by atoms with Crippen molar-refractivity contribution in [2.75, 3.05) is 42.9 Å². The number of nitrogens with one attached hydrogen (secondary N) is 1. The van der Waals surface area contributed by atoms with Crippen LogP contribution in [0.2, 0.25) is 0 Å². The van der Waals surface area contributed by atoms with Gasteiger partial charge in [-0.05, 0) is 43.2 Å². The molecule has 1 heterocycles. The first kappa shape index (κ1) is 22.5. The van der Waals surface area contributed by atoms with Gasteiger partial charge in [-0.25, -0.2) is 0 Å². The maximum absolute atomic E-state index is 12.9. The minimum atomic E-state index is -4.65. The second-order valence-electron chi connectivity index (χ2n) is 7.52. The molecule has 0 aromatic heterocycles. The number of benzene rings is 2. The fraction of sp³-hybridized carbons (Fsp3) is 0.381. The maximum Gasteiger partial charge on any atom is 0.416 e. The van der Waals surface area contributed by atoms with Crippen molar-refractivity contribution in [3.63, 3.8) is 0 Å². The van der Waals surface area contributed by atoms with Gasteiger partial charge in [-0.2, -0.15) is 13.2 Å². The third-order valence-electron chi connectivity index (χ3n) is 5.46. The van der Waals surface area contributed by atoms with Crippen LogP contribution in [0.3, 0.4) is 0 Å². The molecule has 1 amide bonds. The second-order valence-corrected chi connectivity index (χ2v) is 7.52. The van der Waals surface area contributed by atoms with Gasteiger partial charge in [-0.1, -0.05) is 12.1 Å². The first-order valence-electron chi connectivity index (χ1n) is 9.75. The Morgan fingerprint density at radius 3 is 2.42 bits per heavy atom. The molecule has 0 spiro atoms. The molecular formula is C21H23F3N4O3. The van der Waals surface area contributed by atoms with Gasteiger partial charge in [0.2, 0.25) is 5.91 Å². The summed E-state index contributed by atoms with van der Waals surface area (Å²) in [5, 5.41) is 14.2. The van der Waals surface area contributed by atoms with Gasteiger partial charge >= 0.3 is 6.18 Å². The SMILES string of the molecule is Cc1cccc(NC(=O)CN2CCN(c3ccc(C(F)(F)F)cc3[N+](=O)[O-])CC2)c1C. The lowest BCUT2D eigenvalue weighted by molar-refractivity contribution is -0.384. The van der Waals surface area contributed by atoms with Crippen molar-refractivity contribution in [1.29, 1.82) is 0 Å². The van der Waals surface area contributed by atoms with Crippen LogP contribution in [0, 0.1) is 24.0 Å². The van der Waals surface area contributed by atoms with Gasteiger partial charge in [0.05, 0.1) is 17.0 Å². The number of alkyl halides is 3. The highest BCUT2D eigenvalue weighted by molar-refractivity contribution is 5.93. The van der Waals surface area contributed by atoms with Crippen molar-refractivity contribution in [2.24, 2.45) is 0 Å². The first-order chi connectivity index (χ1) is 14.6. The molecule has 1 saturated heterocycles. The first-order valence-corrected chi connectivity index (χ1v) is 9.75. The second kappa shape index (κ2) is 8.93. The average Bonchev–Trinajstić information content (AvgIpc) is 2.71. The van der Waals surface area contributed by atoms with E-state index in [9.17, 15) is 28.1 Å². The molecule has 0 unspecified atom stereocenters. The van der Waals surface area contributed by atoms with Gasteiger partial charge in [-0.15, -0.1) is 0 Å². The fourth-order valence-corrected chi connectivity index (χ4v) is 3.54. The zero-order valence-electron chi connectivity index (χ0n) is 17.2. The molecule has 3 rings (SSSR count). The number of amides is 1. The van der Waals surface area contributed by atoms with Crippen molar-refractivity contribution in [3.05, 3.63) is 63.2 Å². The Balaban J connectivity index is 1.62. The molecular weight excluding hydrogens is 413 g/mol. The Hall–Kier alpha value is -3.14. The van der Waals surface area contributed by atoms with Crippen LogP contribution in [-0.2, 0) is 11.0 Å². The van der Waals surface area contributed by atoms with Crippen LogP contribution in [0.4, 0.5) is 30.2 Å². The zero-order chi connectivity index (χ0) is 22.8. The highest BCUT2D eigenvalue weighted by atomic mass is 19.4. The van der Waals surface area contributed by atoms with Crippen LogP contribution in [-0.4, -0.2) is 48.5 Å². The monoisotopic (exact) mass is 436 g/mol. The van der Waals surface area contributed by atoms with Crippen molar-refractivity contribution in [1.82, 2.24) is 4.90 Å². The molecule has 31 heavy (non-hydrogen) atoms. The number of rotatable bonds is 5. The Morgan fingerprint density at radius 2 is 1.81 bits per heavy atom. The number of halogens is 3. The average molecular weight is 436 g/mol. The Kier molecular flexibility index (Phi) is 6.49. The molecule has 2 aromatic rings. The lowest BCUT2D eigenvalue weighted by Gasteiger charge is -2.35. The summed E-state index contributed by atoms with van der Waals surface area (Å²) in [5.74, 6) is -0.164. The van der Waals surface area contributed by atoms with E-state index in [2.05, 4.69) is 5.32 Å². The minimum absolute atomic E-state index is 0.150. The molecule has 166 valence electrons. The molecule has 0 radical (unpaired) electrons. The normalized spacial score (nSPS) is 15.1. The molecule has 10 heteroatoms. The number of piperazine rings is 1. The number of anilines is 2. The van der Waals surface area contributed by atoms with Gasteiger partial charge in [0.1, 0.15) is 5.69 Å². The van der Waals surface area contributed by atoms with Crippen LogP contribution in [0.5, 0.6) is 0 Å². The van der Waals surface area contributed by atoms with E-state index < -0.39 is 22.4 Å². The Morgan fingerprint density at radius 1 is 1.13 bits per heavy atom. The maximum atomic E-state index is 12.9. The number of nitro benzene ring substituents is 1. The summed E-state index contributed by atoms with van der Waals surface area (Å²) in [6.07, 6.45) is -4.65. The Labute approximate surface area is 177 Å². The number of hydrogen-bond acceptors (Lipinski definition) is 5. The summed E-state index contributed by atoms with van der Waals surface area (Å²) >= 11 is 0. The summed E-state index contributed by atoms with van der Waals surface area (Å²) in [5.41, 5.74) is 1.35.